The molecule has 3 heterocycles. The molecule has 0 spiro atoms. The molecule has 0 aliphatic carbocycles. The molecule has 3 atom stereocenters. The lowest BCUT2D eigenvalue weighted by molar-refractivity contribution is -0.0164. The number of aromatic nitrogens is 2. The second-order valence-corrected chi connectivity index (χ2v) is 16.2. The molecule has 1 aromatic rings. The highest BCUT2D eigenvalue weighted by Crippen LogP contribution is 2.75. The van der Waals surface area contributed by atoms with Gasteiger partial charge in [-0.25, -0.2) is 4.79 Å². The summed E-state index contributed by atoms with van der Waals surface area (Å²) in [6, 6.07) is 0. The smallest absolute Gasteiger partial charge is 0.330 e. The zero-order valence-corrected chi connectivity index (χ0v) is 16.2. The van der Waals surface area contributed by atoms with Gasteiger partial charge in [0.1, 0.15) is 6.23 Å². The van der Waals surface area contributed by atoms with Crippen LogP contribution in [0.15, 0.2) is 15.8 Å². The highest BCUT2D eigenvalue weighted by molar-refractivity contribution is 9.00. The van der Waals surface area contributed by atoms with E-state index in [0.29, 0.717) is 12.0 Å². The number of aryl methyl sites for hydroxylation is 1. The summed E-state index contributed by atoms with van der Waals surface area (Å²) >= 11 is 9.15. The topological polar surface area (TPSA) is 73.3 Å². The van der Waals surface area contributed by atoms with Gasteiger partial charge < -0.3 is 9.26 Å². The summed E-state index contributed by atoms with van der Waals surface area (Å²) in [5.74, 6) is 2.07. The first-order valence-electron chi connectivity index (χ1n) is 7.47. The Bertz CT molecular complexity index is 739. The van der Waals surface area contributed by atoms with Gasteiger partial charge in [-0.2, -0.15) is 0 Å². The summed E-state index contributed by atoms with van der Waals surface area (Å²) < 4.78 is 11.8. The van der Waals surface area contributed by atoms with Crippen molar-refractivity contribution in [2.45, 2.75) is 45.1 Å². The van der Waals surface area contributed by atoms with E-state index >= 15 is 0 Å². The third kappa shape index (κ3) is 3.80. The molecule has 2 aliphatic heterocycles. The molecule has 1 N–H and O–H groups in total. The molecule has 2 aliphatic rings. The van der Waals surface area contributed by atoms with E-state index in [1.54, 1.807) is 35.9 Å². The Labute approximate surface area is 147 Å². The van der Waals surface area contributed by atoms with Crippen LogP contribution in [0.25, 0.3) is 0 Å². The molecule has 0 bridgehead atoms. The van der Waals surface area contributed by atoms with Crippen molar-refractivity contribution < 1.29 is 9.26 Å². The fourth-order valence-electron chi connectivity index (χ4n) is 2.71. The number of ether oxygens (including phenoxy) is 1. The Morgan fingerprint density at radius 1 is 1.48 bits per heavy atom. The molecule has 0 amide bonds. The number of nitrogens with one attached hydrogen (secondary N) is 1. The molecule has 2 fully saturated rings. The van der Waals surface area contributed by atoms with Crippen LogP contribution in [0.4, 0.5) is 0 Å². The molecule has 0 saturated carbocycles. The Morgan fingerprint density at radius 3 is 2.83 bits per heavy atom. The Hall–Kier alpha value is -0.0500. The van der Waals surface area contributed by atoms with Crippen LogP contribution in [0.2, 0.25) is 0 Å². The molecule has 6 nitrogen and oxygen atoms in total. The third-order valence-electron chi connectivity index (χ3n) is 3.89. The molecule has 1 unspecified atom stereocenters. The first-order valence-corrected chi connectivity index (χ1v) is 13.4. The molecule has 2 saturated heterocycles. The van der Waals surface area contributed by atoms with Crippen molar-refractivity contribution in [1.29, 1.82) is 0 Å². The van der Waals surface area contributed by atoms with Crippen LogP contribution >= 0.6 is 27.4 Å². The van der Waals surface area contributed by atoms with Crippen LogP contribution in [0, 0.1) is 6.92 Å². The fourth-order valence-corrected chi connectivity index (χ4v) is 12.1. The molecule has 128 valence electrons. The van der Waals surface area contributed by atoms with E-state index in [2.05, 4.69) is 4.98 Å². The van der Waals surface area contributed by atoms with E-state index in [9.17, 15) is 9.59 Å². The molecular weight excluding hydrogens is 375 g/mol. The molecule has 10 heteroatoms. The van der Waals surface area contributed by atoms with Gasteiger partial charge in [0.2, 0.25) is 0 Å². The Kier molecular flexibility index (Phi) is 5.45. The molecule has 23 heavy (non-hydrogen) atoms. The van der Waals surface area contributed by atoms with Crippen LogP contribution in [-0.2, 0) is 21.1 Å². The highest BCUT2D eigenvalue weighted by atomic mass is 33.2. The summed E-state index contributed by atoms with van der Waals surface area (Å²) in [5, 5.41) is 0. The van der Waals surface area contributed by atoms with Gasteiger partial charge in [-0.1, -0.05) is 29.7 Å². The third-order valence-corrected chi connectivity index (χ3v) is 13.6. The van der Waals surface area contributed by atoms with Gasteiger partial charge in [0.15, 0.2) is 4.67 Å². The average molecular weight is 394 g/mol. The Morgan fingerprint density at radius 2 is 2.17 bits per heavy atom. The lowest BCUT2D eigenvalue weighted by atomic mass is 10.1. The summed E-state index contributed by atoms with van der Waals surface area (Å²) in [4.78, 5) is 25.9. The Balaban J connectivity index is 1.81. The normalized spacial score (nSPS) is 29.9. The SMILES string of the molecule is CC[C@H]1OC(n2cc(C)c(=O)[nH]c2=O)C[C@@H]1OP1(=S)SCCS1. The zero-order valence-electron chi connectivity index (χ0n) is 12.9. The molecule has 1 aromatic heterocycles. The van der Waals surface area contributed by atoms with Crippen molar-refractivity contribution in [3.8, 4) is 0 Å². The number of H-pyrrole nitrogens is 1. The van der Waals surface area contributed by atoms with Gasteiger partial charge in [-0.3, -0.25) is 14.3 Å². The van der Waals surface area contributed by atoms with E-state index in [4.69, 9.17) is 21.1 Å². The van der Waals surface area contributed by atoms with Crippen LogP contribution in [0.5, 0.6) is 0 Å². The summed E-state index contributed by atoms with van der Waals surface area (Å²) in [6.07, 6.45) is 2.31. The predicted molar refractivity (Wildman–Crippen MR) is 99.0 cm³/mol. The van der Waals surface area contributed by atoms with Gasteiger partial charge in [0.05, 0.1) is 12.2 Å². The lowest BCUT2D eigenvalue weighted by Gasteiger charge is -2.22. The average Bonchev–Trinajstić information content (AvgIpc) is 3.09. The maximum Gasteiger partial charge on any atom is 0.330 e. The van der Waals surface area contributed by atoms with Crippen molar-refractivity contribution in [2.24, 2.45) is 0 Å². The van der Waals surface area contributed by atoms with Gasteiger partial charge >= 0.3 is 5.69 Å². The molecule has 3 rings (SSSR count). The summed E-state index contributed by atoms with van der Waals surface area (Å²) in [6.45, 7) is 3.71. The number of aromatic amines is 1. The van der Waals surface area contributed by atoms with Crippen LogP contribution in [0.3, 0.4) is 0 Å². The largest absolute Gasteiger partial charge is 0.352 e. The van der Waals surface area contributed by atoms with Crippen molar-refractivity contribution in [3.05, 3.63) is 32.6 Å². The van der Waals surface area contributed by atoms with E-state index in [1.165, 1.54) is 4.57 Å². The van der Waals surface area contributed by atoms with Crippen molar-refractivity contribution >= 4 is 39.2 Å². The first-order chi connectivity index (χ1) is 10.9. The van der Waals surface area contributed by atoms with Crippen molar-refractivity contribution in [3.63, 3.8) is 0 Å². The quantitative estimate of drug-likeness (QED) is 0.787. The molecular formula is C13H19N2O4PS3. The van der Waals surface area contributed by atoms with Gasteiger partial charge in [0.25, 0.3) is 5.56 Å². The van der Waals surface area contributed by atoms with Crippen LogP contribution in [-0.4, -0.2) is 33.3 Å². The van der Waals surface area contributed by atoms with Crippen molar-refractivity contribution in [2.75, 3.05) is 11.5 Å². The van der Waals surface area contributed by atoms with E-state index in [1.807, 2.05) is 6.92 Å². The minimum atomic E-state index is -1.88. The number of rotatable bonds is 4. The predicted octanol–water partition coefficient (Wildman–Crippen LogP) is 2.63. The van der Waals surface area contributed by atoms with E-state index in [-0.39, 0.29) is 17.8 Å². The minimum absolute atomic E-state index is 0.0826. The molecule has 0 radical (unpaired) electrons. The summed E-state index contributed by atoms with van der Waals surface area (Å²) in [7, 11) is 0. The summed E-state index contributed by atoms with van der Waals surface area (Å²) in [5.41, 5.74) is -0.327. The number of hydrogen-bond donors (Lipinski definition) is 1. The molecule has 0 aromatic carbocycles. The van der Waals surface area contributed by atoms with Crippen LogP contribution in [0.1, 0.15) is 31.6 Å². The van der Waals surface area contributed by atoms with Crippen LogP contribution < -0.4 is 11.2 Å². The second-order valence-electron chi connectivity index (χ2n) is 5.51. The number of hydrogen-bond acceptors (Lipinski definition) is 7. The van der Waals surface area contributed by atoms with E-state index in [0.717, 1.165) is 17.9 Å². The lowest BCUT2D eigenvalue weighted by Crippen LogP contribution is -2.33. The van der Waals surface area contributed by atoms with Gasteiger partial charge in [0, 0.05) is 29.7 Å². The monoisotopic (exact) mass is 394 g/mol. The minimum Gasteiger partial charge on any atom is -0.352 e. The zero-order chi connectivity index (χ0) is 16.6. The maximum atomic E-state index is 12.1. The standard InChI is InChI=1S/C13H19N2O4PS3/c1-3-9-10(19-20(21)22-4-5-23-20)6-11(18-9)15-7-8(2)12(16)14-13(15)17/h7,9-11H,3-6H2,1-2H3,(H,14,16,17)/t9-,10+,11?/m1/s1. The second kappa shape index (κ2) is 7.06. The highest BCUT2D eigenvalue weighted by Gasteiger charge is 2.40. The van der Waals surface area contributed by atoms with Crippen molar-refractivity contribution in [1.82, 2.24) is 9.55 Å². The van der Waals surface area contributed by atoms with Gasteiger partial charge in [-0.15, -0.1) is 0 Å². The van der Waals surface area contributed by atoms with Gasteiger partial charge in [-0.05, 0) is 25.2 Å². The first kappa shape index (κ1) is 17.8. The number of nitrogens with zero attached hydrogens (tertiary/aromatic N) is 1. The fraction of sp³-hybridized carbons (Fsp3) is 0.692. The van der Waals surface area contributed by atoms with E-state index < -0.39 is 16.6 Å². The maximum absolute atomic E-state index is 12.1.